The molecule has 0 unspecified atom stereocenters. The van der Waals surface area contributed by atoms with E-state index in [1.54, 1.807) is 0 Å². The predicted molar refractivity (Wildman–Crippen MR) is 152 cm³/mol. The zero-order valence-corrected chi connectivity index (χ0v) is 22.1. The van der Waals surface area contributed by atoms with Crippen molar-refractivity contribution in [2.24, 2.45) is 17.8 Å². The summed E-state index contributed by atoms with van der Waals surface area (Å²) in [4.78, 5) is 0. The molecule has 2 aliphatic carbocycles. The number of hydrogen-bond donors (Lipinski definition) is 0. The van der Waals surface area contributed by atoms with E-state index in [2.05, 4.69) is 80.0 Å². The van der Waals surface area contributed by atoms with Gasteiger partial charge in [0.05, 0.1) is 0 Å². The molecule has 0 bridgehead atoms. The third-order valence-electron chi connectivity index (χ3n) is 8.80. The van der Waals surface area contributed by atoms with E-state index in [-0.39, 0.29) is 0 Å². The van der Waals surface area contributed by atoms with Gasteiger partial charge in [-0.2, -0.15) is 0 Å². The maximum atomic E-state index is 3.89. The van der Waals surface area contributed by atoms with Crippen molar-refractivity contribution in [2.45, 2.75) is 103 Å². The average Bonchev–Trinajstić information content (AvgIpc) is 2.92. The molecular formula is C35H46. The summed E-state index contributed by atoms with van der Waals surface area (Å²) in [6.45, 7) is 6.11. The van der Waals surface area contributed by atoms with E-state index in [4.69, 9.17) is 0 Å². The highest BCUT2D eigenvalue weighted by atomic mass is 14.3. The molecule has 0 aliphatic heterocycles. The van der Waals surface area contributed by atoms with Crippen molar-refractivity contribution >= 4 is 0 Å². The highest BCUT2D eigenvalue weighted by Gasteiger charge is 2.25. The summed E-state index contributed by atoms with van der Waals surface area (Å²) >= 11 is 0. The Bertz CT molecular complexity index is 936. The van der Waals surface area contributed by atoms with Crippen LogP contribution in [0.5, 0.6) is 0 Å². The summed E-state index contributed by atoms with van der Waals surface area (Å²) < 4.78 is 0. The Morgan fingerprint density at radius 2 is 1.17 bits per heavy atom. The van der Waals surface area contributed by atoms with Crippen LogP contribution in [0.2, 0.25) is 0 Å². The molecule has 0 heterocycles. The van der Waals surface area contributed by atoms with Gasteiger partial charge < -0.3 is 0 Å². The van der Waals surface area contributed by atoms with Gasteiger partial charge in [0.25, 0.3) is 0 Å². The first kappa shape index (κ1) is 25.8. The largest absolute Gasteiger partial charge is 0.103 e. The maximum absolute atomic E-state index is 3.89. The van der Waals surface area contributed by atoms with Crippen LogP contribution in [0, 0.1) is 29.6 Å². The zero-order chi connectivity index (χ0) is 24.3. The molecular weight excluding hydrogens is 420 g/mol. The van der Waals surface area contributed by atoms with Gasteiger partial charge in [0.2, 0.25) is 0 Å². The summed E-state index contributed by atoms with van der Waals surface area (Å²) in [6, 6.07) is 17.9. The van der Waals surface area contributed by atoms with Crippen LogP contribution < -0.4 is 0 Å². The minimum absolute atomic E-state index is 0.750. The fourth-order valence-electron chi connectivity index (χ4n) is 6.44. The molecule has 4 rings (SSSR count). The molecule has 0 heteroatoms. The number of hydrogen-bond acceptors (Lipinski definition) is 0. The highest BCUT2D eigenvalue weighted by Crippen LogP contribution is 2.40. The first-order valence-electron chi connectivity index (χ1n) is 14.5. The number of benzene rings is 2. The monoisotopic (exact) mass is 466 g/mol. The van der Waals surface area contributed by atoms with E-state index in [0.717, 1.165) is 41.2 Å². The molecule has 186 valence electrons. The van der Waals surface area contributed by atoms with Crippen LogP contribution in [-0.2, 0) is 6.42 Å². The van der Waals surface area contributed by atoms with Crippen molar-refractivity contribution in [2.75, 3.05) is 0 Å². The lowest BCUT2D eigenvalue weighted by molar-refractivity contribution is 0.225. The van der Waals surface area contributed by atoms with Crippen molar-refractivity contribution in [1.29, 1.82) is 0 Å². The molecule has 0 nitrogen and oxygen atoms in total. The molecule has 0 saturated heterocycles. The van der Waals surface area contributed by atoms with Gasteiger partial charge in [0, 0.05) is 11.1 Å². The van der Waals surface area contributed by atoms with Crippen LogP contribution in [0.1, 0.15) is 119 Å². The highest BCUT2D eigenvalue weighted by molar-refractivity contribution is 5.44. The molecule has 0 N–H and O–H groups in total. The standard InChI is InChI=1S/C35H46/c1-3-5-7-29-10-14-31(15-11-29)17-19-33-22-26-35(27-23-33)34-24-20-32(21-25-34)18-16-30-12-8-28(6-4-2)9-13-30/h3,8-9,12-13,20-21,24-25,29,31,33,35H,1,4-7,10-11,14-15,17,19,22-23,26-27H2,2H3/t29-,31-,33-,35-. The second kappa shape index (κ2) is 13.7. The third kappa shape index (κ3) is 8.14. The van der Waals surface area contributed by atoms with Gasteiger partial charge in [0.1, 0.15) is 0 Å². The fraction of sp³-hybridized carbons (Fsp3) is 0.543. The van der Waals surface area contributed by atoms with Crippen LogP contribution in [0.4, 0.5) is 0 Å². The Hall–Kier alpha value is -2.26. The van der Waals surface area contributed by atoms with Gasteiger partial charge in [-0.1, -0.05) is 94.1 Å². The van der Waals surface area contributed by atoms with Crippen molar-refractivity contribution in [3.8, 4) is 11.8 Å². The van der Waals surface area contributed by atoms with Gasteiger partial charge in [-0.15, -0.1) is 6.58 Å². The first-order chi connectivity index (χ1) is 17.2. The van der Waals surface area contributed by atoms with Gasteiger partial charge in [-0.3, -0.25) is 0 Å². The van der Waals surface area contributed by atoms with Gasteiger partial charge in [-0.05, 0) is 104 Å². The molecule has 0 aromatic heterocycles. The second-order valence-electron chi connectivity index (χ2n) is 11.4. The first-order valence-corrected chi connectivity index (χ1v) is 14.5. The quantitative estimate of drug-likeness (QED) is 0.255. The maximum Gasteiger partial charge on any atom is 0.0249 e. The lowest BCUT2D eigenvalue weighted by atomic mass is 9.74. The summed E-state index contributed by atoms with van der Waals surface area (Å²) in [5.74, 6) is 10.4. The number of aryl methyl sites for hydroxylation is 1. The molecule has 2 aromatic carbocycles. The fourth-order valence-corrected chi connectivity index (χ4v) is 6.44. The lowest BCUT2D eigenvalue weighted by Gasteiger charge is -2.32. The average molecular weight is 467 g/mol. The van der Waals surface area contributed by atoms with Crippen molar-refractivity contribution in [3.05, 3.63) is 83.4 Å². The van der Waals surface area contributed by atoms with Crippen LogP contribution in [0.25, 0.3) is 0 Å². The van der Waals surface area contributed by atoms with E-state index in [0.29, 0.717) is 0 Å². The minimum atomic E-state index is 0.750. The third-order valence-corrected chi connectivity index (χ3v) is 8.80. The normalized spacial score (nSPS) is 24.4. The molecule has 35 heavy (non-hydrogen) atoms. The van der Waals surface area contributed by atoms with Gasteiger partial charge >= 0.3 is 0 Å². The molecule has 2 aliphatic rings. The minimum Gasteiger partial charge on any atom is -0.103 e. The van der Waals surface area contributed by atoms with Crippen molar-refractivity contribution in [1.82, 2.24) is 0 Å². The zero-order valence-electron chi connectivity index (χ0n) is 22.1. The van der Waals surface area contributed by atoms with Crippen LogP contribution in [-0.4, -0.2) is 0 Å². The second-order valence-corrected chi connectivity index (χ2v) is 11.4. The predicted octanol–water partition coefficient (Wildman–Crippen LogP) is 9.87. The molecule has 0 radical (unpaired) electrons. The molecule has 2 saturated carbocycles. The van der Waals surface area contributed by atoms with E-state index in [1.807, 2.05) is 0 Å². The Balaban J connectivity index is 1.18. The van der Waals surface area contributed by atoms with Crippen molar-refractivity contribution < 1.29 is 0 Å². The molecule has 0 atom stereocenters. The van der Waals surface area contributed by atoms with E-state index < -0.39 is 0 Å². The van der Waals surface area contributed by atoms with Crippen LogP contribution >= 0.6 is 0 Å². The molecule has 2 aromatic rings. The Morgan fingerprint density at radius 1 is 0.686 bits per heavy atom. The summed E-state index contributed by atoms with van der Waals surface area (Å²) in [5, 5.41) is 0. The summed E-state index contributed by atoms with van der Waals surface area (Å²) in [7, 11) is 0. The summed E-state index contributed by atoms with van der Waals surface area (Å²) in [6.07, 6.45) is 21.5. The Kier molecular flexibility index (Phi) is 10.1. The molecule has 0 spiro atoms. The van der Waals surface area contributed by atoms with E-state index >= 15 is 0 Å². The van der Waals surface area contributed by atoms with Crippen LogP contribution in [0.3, 0.4) is 0 Å². The van der Waals surface area contributed by atoms with E-state index in [1.165, 1.54) is 94.6 Å². The Labute approximate surface area is 215 Å². The lowest BCUT2D eigenvalue weighted by Crippen LogP contribution is -2.17. The van der Waals surface area contributed by atoms with Gasteiger partial charge in [0.15, 0.2) is 0 Å². The van der Waals surface area contributed by atoms with E-state index in [9.17, 15) is 0 Å². The molecule has 2 fully saturated rings. The van der Waals surface area contributed by atoms with Crippen LogP contribution in [0.15, 0.2) is 61.2 Å². The Morgan fingerprint density at radius 3 is 1.69 bits per heavy atom. The van der Waals surface area contributed by atoms with Gasteiger partial charge in [-0.25, -0.2) is 0 Å². The SMILES string of the molecule is C=CCC[C@H]1CC[C@H](CC[C@H]2CC[C@H](c3ccc(C#Cc4ccc(CCC)cc4)cc3)CC2)CC1. The number of rotatable bonds is 9. The topological polar surface area (TPSA) is 0 Å². The van der Waals surface area contributed by atoms with Crippen molar-refractivity contribution in [3.63, 3.8) is 0 Å². The molecule has 0 amide bonds. The smallest absolute Gasteiger partial charge is 0.0249 e. The number of allylic oxidation sites excluding steroid dienone is 1. The summed E-state index contributed by atoms with van der Waals surface area (Å²) in [5.41, 5.74) is 5.15.